The third-order valence-electron chi connectivity index (χ3n) is 5.21. The Morgan fingerprint density at radius 3 is 2.82 bits per heavy atom. The van der Waals surface area contributed by atoms with E-state index >= 15 is 0 Å². The number of furan rings is 1. The summed E-state index contributed by atoms with van der Waals surface area (Å²) >= 11 is 0. The molecule has 1 aliphatic rings. The highest BCUT2D eigenvalue weighted by Gasteiger charge is 2.22. The maximum Gasteiger partial charge on any atom is 0.196 e. The molecule has 5 aromatic rings. The van der Waals surface area contributed by atoms with Crippen molar-refractivity contribution >= 4 is 38.8 Å². The van der Waals surface area contributed by atoms with Crippen LogP contribution in [0.25, 0.3) is 44.4 Å². The van der Waals surface area contributed by atoms with Gasteiger partial charge in [0.2, 0.25) is 0 Å². The minimum absolute atomic E-state index is 0.683. The number of aromatic amines is 1. The molecule has 6 rings (SSSR count). The first-order valence-corrected chi connectivity index (χ1v) is 9.32. The van der Waals surface area contributed by atoms with Crippen LogP contribution in [0.15, 0.2) is 53.1 Å². The van der Waals surface area contributed by atoms with Crippen LogP contribution in [-0.4, -0.2) is 46.5 Å². The molecule has 2 aromatic carbocycles. The van der Waals surface area contributed by atoms with Crippen molar-refractivity contribution in [1.82, 2.24) is 20.2 Å². The third kappa shape index (κ3) is 2.36. The van der Waals surface area contributed by atoms with Gasteiger partial charge < -0.3 is 14.1 Å². The molecule has 0 radical (unpaired) electrons. The van der Waals surface area contributed by atoms with Crippen molar-refractivity contribution in [3.63, 3.8) is 0 Å². The number of benzene rings is 2. The van der Waals surface area contributed by atoms with Gasteiger partial charge in [-0.25, -0.2) is 9.97 Å². The Hall–Kier alpha value is -3.45. The maximum absolute atomic E-state index is 6.16. The minimum Gasteiger partial charge on any atom is -0.450 e. The SMILES string of the molecule is c1ccc2c(c1)oc1c(N3CCOCC3)nc(-c3ccc4[nH]ncc4c3)nc12. The quantitative estimate of drug-likeness (QED) is 0.509. The predicted octanol–water partition coefficient (Wildman–Crippen LogP) is 3.76. The number of H-pyrrole nitrogens is 1. The summed E-state index contributed by atoms with van der Waals surface area (Å²) in [7, 11) is 0. The summed E-state index contributed by atoms with van der Waals surface area (Å²) in [4.78, 5) is 12.0. The van der Waals surface area contributed by atoms with E-state index in [1.54, 1.807) is 0 Å². The summed E-state index contributed by atoms with van der Waals surface area (Å²) in [5.74, 6) is 1.51. The van der Waals surface area contributed by atoms with E-state index < -0.39 is 0 Å². The van der Waals surface area contributed by atoms with Crippen LogP contribution in [0.3, 0.4) is 0 Å². The molecule has 0 amide bonds. The second kappa shape index (κ2) is 6.03. The number of hydrogen-bond donors (Lipinski definition) is 1. The van der Waals surface area contributed by atoms with E-state index in [-0.39, 0.29) is 0 Å². The highest BCUT2D eigenvalue weighted by atomic mass is 16.5. The highest BCUT2D eigenvalue weighted by Crippen LogP contribution is 2.35. The molecule has 0 atom stereocenters. The molecule has 0 saturated carbocycles. The lowest BCUT2D eigenvalue weighted by Gasteiger charge is -2.27. The van der Waals surface area contributed by atoms with Gasteiger partial charge in [0.25, 0.3) is 0 Å². The standard InChI is InChI=1S/C21H17N5O2/c1-2-4-17-15(3-1)18-19(28-17)21(26-7-9-27-10-8-26)24-20(23-18)13-5-6-16-14(11-13)12-22-25-16/h1-6,11-12H,7-10H2,(H,22,25). The molecule has 1 saturated heterocycles. The molecule has 7 nitrogen and oxygen atoms in total. The average molecular weight is 371 g/mol. The Kier molecular flexibility index (Phi) is 3.36. The van der Waals surface area contributed by atoms with Gasteiger partial charge in [-0.2, -0.15) is 5.10 Å². The summed E-state index contributed by atoms with van der Waals surface area (Å²) < 4.78 is 11.7. The van der Waals surface area contributed by atoms with Crippen molar-refractivity contribution in [2.45, 2.75) is 0 Å². The first-order chi connectivity index (χ1) is 13.9. The molecule has 0 unspecified atom stereocenters. The van der Waals surface area contributed by atoms with E-state index in [0.29, 0.717) is 19.0 Å². The highest BCUT2D eigenvalue weighted by molar-refractivity contribution is 6.06. The molecule has 28 heavy (non-hydrogen) atoms. The monoisotopic (exact) mass is 371 g/mol. The van der Waals surface area contributed by atoms with Crippen LogP contribution in [0, 0.1) is 0 Å². The average Bonchev–Trinajstić information content (AvgIpc) is 3.37. The summed E-state index contributed by atoms with van der Waals surface area (Å²) in [6.07, 6.45) is 1.81. The topological polar surface area (TPSA) is 80.1 Å². The van der Waals surface area contributed by atoms with Crippen molar-refractivity contribution < 1.29 is 9.15 Å². The van der Waals surface area contributed by atoms with Gasteiger partial charge in [0.15, 0.2) is 17.2 Å². The van der Waals surface area contributed by atoms with Crippen LogP contribution < -0.4 is 4.90 Å². The van der Waals surface area contributed by atoms with E-state index in [1.165, 1.54) is 0 Å². The lowest BCUT2D eigenvalue weighted by Crippen LogP contribution is -2.37. The van der Waals surface area contributed by atoms with Crippen LogP contribution in [-0.2, 0) is 4.74 Å². The smallest absolute Gasteiger partial charge is 0.196 e. The van der Waals surface area contributed by atoms with Crippen molar-refractivity contribution in [3.8, 4) is 11.4 Å². The van der Waals surface area contributed by atoms with Gasteiger partial charge in [-0.15, -0.1) is 0 Å². The van der Waals surface area contributed by atoms with E-state index in [2.05, 4.69) is 21.2 Å². The summed E-state index contributed by atoms with van der Waals surface area (Å²) in [5, 5.41) is 9.12. The molecule has 1 fully saturated rings. The zero-order valence-corrected chi connectivity index (χ0v) is 15.1. The number of para-hydroxylation sites is 1. The molecule has 0 bridgehead atoms. The van der Waals surface area contributed by atoms with Crippen LogP contribution >= 0.6 is 0 Å². The van der Waals surface area contributed by atoms with Crippen molar-refractivity contribution in [2.24, 2.45) is 0 Å². The van der Waals surface area contributed by atoms with Crippen LogP contribution in [0.2, 0.25) is 0 Å². The Morgan fingerprint density at radius 1 is 1.00 bits per heavy atom. The Balaban J connectivity index is 1.62. The molecule has 0 spiro atoms. The zero-order chi connectivity index (χ0) is 18.5. The second-order valence-electron chi connectivity index (χ2n) is 6.92. The molecular formula is C21H17N5O2. The van der Waals surface area contributed by atoms with Gasteiger partial charge in [-0.3, -0.25) is 5.10 Å². The fourth-order valence-corrected chi connectivity index (χ4v) is 3.78. The summed E-state index contributed by atoms with van der Waals surface area (Å²) in [5.41, 5.74) is 4.34. The molecule has 1 N–H and O–H groups in total. The number of fused-ring (bicyclic) bond motifs is 4. The number of aromatic nitrogens is 4. The van der Waals surface area contributed by atoms with Gasteiger partial charge in [0, 0.05) is 29.4 Å². The lowest BCUT2D eigenvalue weighted by molar-refractivity contribution is 0.122. The zero-order valence-electron chi connectivity index (χ0n) is 15.1. The first kappa shape index (κ1) is 15.6. The van der Waals surface area contributed by atoms with E-state index in [1.807, 2.05) is 42.6 Å². The fraction of sp³-hybridized carbons (Fsp3) is 0.190. The Morgan fingerprint density at radius 2 is 1.89 bits per heavy atom. The Bertz CT molecular complexity index is 1320. The minimum atomic E-state index is 0.683. The third-order valence-corrected chi connectivity index (χ3v) is 5.21. The maximum atomic E-state index is 6.16. The molecule has 1 aliphatic heterocycles. The van der Waals surface area contributed by atoms with Crippen molar-refractivity contribution in [2.75, 3.05) is 31.2 Å². The number of hydrogen-bond acceptors (Lipinski definition) is 6. The van der Waals surface area contributed by atoms with E-state index in [4.69, 9.17) is 19.1 Å². The number of rotatable bonds is 2. The molecule has 4 heterocycles. The van der Waals surface area contributed by atoms with E-state index in [9.17, 15) is 0 Å². The van der Waals surface area contributed by atoms with Gasteiger partial charge in [-0.05, 0) is 30.3 Å². The largest absolute Gasteiger partial charge is 0.450 e. The van der Waals surface area contributed by atoms with Crippen LogP contribution in [0.1, 0.15) is 0 Å². The van der Waals surface area contributed by atoms with Gasteiger partial charge in [-0.1, -0.05) is 12.1 Å². The normalized spacial score (nSPS) is 15.1. The lowest BCUT2D eigenvalue weighted by atomic mass is 10.1. The van der Waals surface area contributed by atoms with Gasteiger partial charge >= 0.3 is 0 Å². The predicted molar refractivity (Wildman–Crippen MR) is 107 cm³/mol. The number of morpholine rings is 1. The Labute approximate surface area is 159 Å². The molecule has 7 heteroatoms. The number of anilines is 1. The van der Waals surface area contributed by atoms with Crippen LogP contribution in [0.5, 0.6) is 0 Å². The molecular weight excluding hydrogens is 354 g/mol. The van der Waals surface area contributed by atoms with Gasteiger partial charge in [0.05, 0.1) is 24.9 Å². The number of nitrogens with one attached hydrogen (secondary N) is 1. The summed E-state index contributed by atoms with van der Waals surface area (Å²) in [6.45, 7) is 2.93. The van der Waals surface area contributed by atoms with Crippen molar-refractivity contribution in [1.29, 1.82) is 0 Å². The summed E-state index contributed by atoms with van der Waals surface area (Å²) in [6, 6.07) is 14.1. The second-order valence-corrected chi connectivity index (χ2v) is 6.92. The first-order valence-electron chi connectivity index (χ1n) is 9.32. The number of ether oxygens (including phenoxy) is 1. The number of nitrogens with zero attached hydrogens (tertiary/aromatic N) is 4. The van der Waals surface area contributed by atoms with E-state index in [0.717, 1.165) is 57.4 Å². The van der Waals surface area contributed by atoms with Crippen molar-refractivity contribution in [3.05, 3.63) is 48.7 Å². The fourth-order valence-electron chi connectivity index (χ4n) is 3.78. The van der Waals surface area contributed by atoms with Gasteiger partial charge in [0.1, 0.15) is 11.1 Å². The molecule has 0 aliphatic carbocycles. The molecule has 3 aromatic heterocycles. The van der Waals surface area contributed by atoms with Crippen LogP contribution in [0.4, 0.5) is 5.82 Å². The molecule has 138 valence electrons.